The first kappa shape index (κ1) is 16.1. The molecule has 3 rings (SSSR count). The van der Waals surface area contributed by atoms with Crippen LogP contribution in [-0.2, 0) is 16.1 Å². The predicted octanol–water partition coefficient (Wildman–Crippen LogP) is 3.73. The Hall–Kier alpha value is -1.72. The van der Waals surface area contributed by atoms with Gasteiger partial charge in [0, 0.05) is 24.1 Å². The summed E-state index contributed by atoms with van der Waals surface area (Å²) in [4.78, 5) is 16.6. The van der Waals surface area contributed by atoms with Gasteiger partial charge in [0.15, 0.2) is 0 Å². The average Bonchev–Trinajstić information content (AvgIpc) is 3.24. The molecule has 0 bridgehead atoms. The van der Waals surface area contributed by atoms with Crippen LogP contribution >= 0.6 is 11.3 Å². The quantitative estimate of drug-likeness (QED) is 0.909. The van der Waals surface area contributed by atoms with Gasteiger partial charge < -0.3 is 10.1 Å². The monoisotopic (exact) mass is 330 g/mol. The molecule has 1 amide bonds. The van der Waals surface area contributed by atoms with Crippen LogP contribution in [0.25, 0.3) is 10.6 Å². The number of thiazole rings is 1. The first-order chi connectivity index (χ1) is 11.1. The second kappa shape index (κ2) is 7.23. The van der Waals surface area contributed by atoms with Crippen LogP contribution in [0.1, 0.15) is 43.9 Å². The van der Waals surface area contributed by atoms with Gasteiger partial charge in [-0.05, 0) is 24.3 Å². The molecular formula is C18H22N2O2S. The van der Waals surface area contributed by atoms with Crippen molar-refractivity contribution < 1.29 is 9.53 Å². The van der Waals surface area contributed by atoms with Crippen molar-refractivity contribution in [2.45, 2.75) is 45.3 Å². The number of ether oxygens (including phenoxy) is 1. The molecule has 5 heteroatoms. The summed E-state index contributed by atoms with van der Waals surface area (Å²) in [5.41, 5.74) is 3.34. The molecule has 1 atom stereocenters. The van der Waals surface area contributed by atoms with Gasteiger partial charge in [-0.1, -0.05) is 38.1 Å². The van der Waals surface area contributed by atoms with E-state index in [-0.39, 0.29) is 12.0 Å². The highest BCUT2D eigenvalue weighted by Gasteiger charge is 2.22. The minimum atomic E-state index is -0.265. The molecule has 0 saturated carbocycles. The van der Waals surface area contributed by atoms with E-state index in [0.29, 0.717) is 19.1 Å². The predicted molar refractivity (Wildman–Crippen MR) is 92.5 cm³/mol. The molecule has 1 fully saturated rings. The standard InChI is InChI=1S/C18H22N2O2S/c1-12(2)15-11-23-18(20-15)14-7-5-13(6-8-14)10-19-17(21)16-4-3-9-22-16/h5-8,11-12,16H,3-4,9-10H2,1-2H3,(H,19,21). The van der Waals surface area contributed by atoms with Gasteiger partial charge >= 0.3 is 0 Å². The molecule has 1 aliphatic rings. The van der Waals surface area contributed by atoms with Crippen molar-refractivity contribution in [2.75, 3.05) is 6.61 Å². The zero-order chi connectivity index (χ0) is 16.2. The van der Waals surface area contributed by atoms with Crippen LogP contribution in [0.4, 0.5) is 0 Å². The number of carbonyl (C=O) groups is 1. The summed E-state index contributed by atoms with van der Waals surface area (Å²) in [5.74, 6) is 0.445. The van der Waals surface area contributed by atoms with Gasteiger partial charge in [0.05, 0.1) is 5.69 Å². The Morgan fingerprint density at radius 3 is 2.78 bits per heavy atom. The molecule has 23 heavy (non-hydrogen) atoms. The molecule has 1 aliphatic heterocycles. The van der Waals surface area contributed by atoms with E-state index in [9.17, 15) is 4.79 Å². The fourth-order valence-electron chi connectivity index (χ4n) is 2.54. The number of nitrogens with zero attached hydrogens (tertiary/aromatic N) is 1. The molecule has 1 N–H and O–H groups in total. The van der Waals surface area contributed by atoms with Gasteiger partial charge in [-0.15, -0.1) is 11.3 Å². The van der Waals surface area contributed by atoms with Crippen LogP contribution in [-0.4, -0.2) is 23.6 Å². The summed E-state index contributed by atoms with van der Waals surface area (Å²) in [6.45, 7) is 5.53. The van der Waals surface area contributed by atoms with Crippen LogP contribution in [0.5, 0.6) is 0 Å². The Balaban J connectivity index is 1.59. The summed E-state index contributed by atoms with van der Waals surface area (Å²) in [7, 11) is 0. The molecule has 0 spiro atoms. The number of hydrogen-bond donors (Lipinski definition) is 1. The van der Waals surface area contributed by atoms with E-state index in [4.69, 9.17) is 4.74 Å². The summed E-state index contributed by atoms with van der Waals surface area (Å²) in [6.07, 6.45) is 1.53. The maximum Gasteiger partial charge on any atom is 0.249 e. The van der Waals surface area contributed by atoms with E-state index < -0.39 is 0 Å². The normalized spacial score (nSPS) is 17.6. The molecule has 2 heterocycles. The third-order valence-electron chi connectivity index (χ3n) is 4.00. The van der Waals surface area contributed by atoms with Gasteiger partial charge in [-0.2, -0.15) is 0 Å². The van der Waals surface area contributed by atoms with Crippen LogP contribution < -0.4 is 5.32 Å². The fourth-order valence-corrected chi connectivity index (χ4v) is 3.52. The van der Waals surface area contributed by atoms with Gasteiger partial charge in [-0.25, -0.2) is 4.98 Å². The molecule has 0 aliphatic carbocycles. The number of rotatable bonds is 5. The molecule has 1 aromatic heterocycles. The lowest BCUT2D eigenvalue weighted by molar-refractivity contribution is -0.130. The third-order valence-corrected chi connectivity index (χ3v) is 4.91. The molecule has 1 saturated heterocycles. The van der Waals surface area contributed by atoms with Crippen LogP contribution in [0.2, 0.25) is 0 Å². The number of nitrogens with one attached hydrogen (secondary N) is 1. The molecule has 2 aromatic rings. The molecule has 1 aromatic carbocycles. The maximum absolute atomic E-state index is 11.9. The lowest BCUT2D eigenvalue weighted by Crippen LogP contribution is -2.33. The van der Waals surface area contributed by atoms with Gasteiger partial charge in [0.1, 0.15) is 11.1 Å². The SMILES string of the molecule is CC(C)c1csc(-c2ccc(CNC(=O)C3CCCO3)cc2)n1. The van der Waals surface area contributed by atoms with Crippen LogP contribution in [0.3, 0.4) is 0 Å². The smallest absolute Gasteiger partial charge is 0.249 e. The summed E-state index contributed by atoms with van der Waals surface area (Å²) in [6, 6.07) is 8.22. The lowest BCUT2D eigenvalue weighted by atomic mass is 10.1. The summed E-state index contributed by atoms with van der Waals surface area (Å²) in [5, 5.41) is 6.11. The van der Waals surface area contributed by atoms with E-state index in [2.05, 4.69) is 41.7 Å². The van der Waals surface area contributed by atoms with Crippen molar-refractivity contribution >= 4 is 17.2 Å². The average molecular weight is 330 g/mol. The van der Waals surface area contributed by atoms with Crippen molar-refractivity contribution in [1.29, 1.82) is 0 Å². The molecule has 1 unspecified atom stereocenters. The molecule has 122 valence electrons. The van der Waals surface area contributed by atoms with E-state index in [0.717, 1.165) is 34.7 Å². The minimum absolute atomic E-state index is 0.00641. The number of hydrogen-bond acceptors (Lipinski definition) is 4. The Labute approximate surface area is 140 Å². The third kappa shape index (κ3) is 3.98. The Kier molecular flexibility index (Phi) is 5.08. The number of benzene rings is 1. The second-order valence-electron chi connectivity index (χ2n) is 6.15. The van der Waals surface area contributed by atoms with E-state index in [1.165, 1.54) is 0 Å². The number of amides is 1. The van der Waals surface area contributed by atoms with Crippen molar-refractivity contribution in [3.63, 3.8) is 0 Å². The maximum atomic E-state index is 11.9. The van der Waals surface area contributed by atoms with Gasteiger partial charge in [-0.3, -0.25) is 4.79 Å². The fraction of sp³-hybridized carbons (Fsp3) is 0.444. The zero-order valence-electron chi connectivity index (χ0n) is 13.5. The second-order valence-corrected chi connectivity index (χ2v) is 7.01. The lowest BCUT2D eigenvalue weighted by Gasteiger charge is -2.10. The van der Waals surface area contributed by atoms with Crippen molar-refractivity contribution in [3.8, 4) is 10.6 Å². The van der Waals surface area contributed by atoms with E-state index >= 15 is 0 Å². The van der Waals surface area contributed by atoms with E-state index in [1.807, 2.05) is 12.1 Å². The number of carbonyl (C=O) groups excluding carboxylic acids is 1. The first-order valence-corrected chi connectivity index (χ1v) is 8.95. The summed E-state index contributed by atoms with van der Waals surface area (Å²) < 4.78 is 5.38. The molecular weight excluding hydrogens is 308 g/mol. The Morgan fingerprint density at radius 2 is 2.17 bits per heavy atom. The van der Waals surface area contributed by atoms with Crippen molar-refractivity contribution in [1.82, 2.24) is 10.3 Å². The highest BCUT2D eigenvalue weighted by Crippen LogP contribution is 2.27. The first-order valence-electron chi connectivity index (χ1n) is 8.07. The van der Waals surface area contributed by atoms with Gasteiger partial charge in [0.2, 0.25) is 5.91 Å². The highest BCUT2D eigenvalue weighted by atomic mass is 32.1. The molecule has 0 radical (unpaired) electrons. The Morgan fingerprint density at radius 1 is 1.39 bits per heavy atom. The summed E-state index contributed by atoms with van der Waals surface area (Å²) >= 11 is 1.67. The minimum Gasteiger partial charge on any atom is -0.368 e. The number of aromatic nitrogens is 1. The topological polar surface area (TPSA) is 51.2 Å². The largest absolute Gasteiger partial charge is 0.368 e. The Bertz CT molecular complexity index is 658. The van der Waals surface area contributed by atoms with Crippen LogP contribution in [0, 0.1) is 0 Å². The van der Waals surface area contributed by atoms with Crippen molar-refractivity contribution in [2.24, 2.45) is 0 Å². The zero-order valence-corrected chi connectivity index (χ0v) is 14.4. The highest BCUT2D eigenvalue weighted by molar-refractivity contribution is 7.13. The molecule has 4 nitrogen and oxygen atoms in total. The van der Waals surface area contributed by atoms with Crippen molar-refractivity contribution in [3.05, 3.63) is 40.9 Å². The van der Waals surface area contributed by atoms with E-state index in [1.54, 1.807) is 11.3 Å². The van der Waals surface area contributed by atoms with Gasteiger partial charge in [0.25, 0.3) is 0 Å². The van der Waals surface area contributed by atoms with Crippen LogP contribution in [0.15, 0.2) is 29.6 Å².